The fraction of sp³-hybridized carbons (Fsp3) is 0.846. The molecule has 0 saturated heterocycles. The van der Waals surface area contributed by atoms with Crippen molar-refractivity contribution >= 4 is 12.1 Å². The van der Waals surface area contributed by atoms with Gasteiger partial charge in [-0.15, -0.1) is 0 Å². The predicted molar refractivity (Wildman–Crippen MR) is 69.4 cm³/mol. The molecular formula is C13H25NO4. The second kappa shape index (κ2) is 5.16. The Hall–Kier alpha value is -1.26. The van der Waals surface area contributed by atoms with Gasteiger partial charge in [-0.1, -0.05) is 13.8 Å². The summed E-state index contributed by atoms with van der Waals surface area (Å²) < 4.78 is 5.11. The van der Waals surface area contributed by atoms with E-state index in [0.29, 0.717) is 0 Å². The Balaban J connectivity index is 4.54. The van der Waals surface area contributed by atoms with E-state index in [9.17, 15) is 14.7 Å². The fourth-order valence-electron chi connectivity index (χ4n) is 1.12. The van der Waals surface area contributed by atoms with E-state index < -0.39 is 28.5 Å². The van der Waals surface area contributed by atoms with Crippen LogP contribution in [0.2, 0.25) is 0 Å². The molecule has 5 nitrogen and oxygen atoms in total. The van der Waals surface area contributed by atoms with Gasteiger partial charge in [0.2, 0.25) is 0 Å². The van der Waals surface area contributed by atoms with E-state index in [0.717, 1.165) is 0 Å². The van der Waals surface area contributed by atoms with Crippen LogP contribution in [-0.4, -0.2) is 29.3 Å². The maximum Gasteiger partial charge on any atom is 0.407 e. The lowest BCUT2D eigenvalue weighted by atomic mass is 9.68. The van der Waals surface area contributed by atoms with Crippen LogP contribution in [0, 0.1) is 10.8 Å². The average molecular weight is 259 g/mol. The topological polar surface area (TPSA) is 75.6 Å². The minimum absolute atomic E-state index is 0.237. The van der Waals surface area contributed by atoms with Gasteiger partial charge in [0, 0.05) is 6.54 Å². The summed E-state index contributed by atoms with van der Waals surface area (Å²) >= 11 is 0. The smallest absolute Gasteiger partial charge is 0.407 e. The number of carbonyl (C=O) groups is 2. The number of hydrogen-bond acceptors (Lipinski definition) is 3. The van der Waals surface area contributed by atoms with Gasteiger partial charge >= 0.3 is 12.1 Å². The van der Waals surface area contributed by atoms with Crippen LogP contribution in [0.1, 0.15) is 48.5 Å². The maximum absolute atomic E-state index is 11.5. The van der Waals surface area contributed by atoms with E-state index in [4.69, 9.17) is 4.74 Å². The Morgan fingerprint density at radius 2 is 1.50 bits per heavy atom. The van der Waals surface area contributed by atoms with Gasteiger partial charge in [-0.05, 0) is 40.0 Å². The molecule has 0 fully saturated rings. The average Bonchev–Trinajstić information content (AvgIpc) is 2.11. The molecule has 0 aliphatic rings. The van der Waals surface area contributed by atoms with Crippen molar-refractivity contribution in [1.82, 2.24) is 5.32 Å². The summed E-state index contributed by atoms with van der Waals surface area (Å²) in [5.41, 5.74) is -2.09. The van der Waals surface area contributed by atoms with E-state index in [1.807, 2.05) is 0 Å². The highest BCUT2D eigenvalue weighted by molar-refractivity contribution is 5.75. The fourth-order valence-corrected chi connectivity index (χ4v) is 1.12. The summed E-state index contributed by atoms with van der Waals surface area (Å²) in [5, 5.41) is 11.8. The zero-order chi connectivity index (χ0) is 14.8. The van der Waals surface area contributed by atoms with E-state index in [2.05, 4.69) is 5.32 Å². The van der Waals surface area contributed by atoms with Gasteiger partial charge in [0.1, 0.15) is 5.60 Å². The van der Waals surface area contributed by atoms with E-state index in [1.165, 1.54) is 0 Å². The Morgan fingerprint density at radius 3 is 1.83 bits per heavy atom. The lowest BCUT2D eigenvalue weighted by Gasteiger charge is -2.38. The number of ether oxygens (including phenoxy) is 1. The highest BCUT2D eigenvalue weighted by Gasteiger charge is 2.43. The third kappa shape index (κ3) is 4.55. The number of carboxylic acids is 1. The second-order valence-corrected chi connectivity index (χ2v) is 6.67. The molecule has 106 valence electrons. The normalized spacial score (nSPS) is 13.1. The summed E-state index contributed by atoms with van der Waals surface area (Å²) in [7, 11) is 0. The second-order valence-electron chi connectivity index (χ2n) is 6.67. The molecule has 0 aromatic carbocycles. The van der Waals surface area contributed by atoms with Gasteiger partial charge in [-0.2, -0.15) is 0 Å². The van der Waals surface area contributed by atoms with E-state index in [-0.39, 0.29) is 6.54 Å². The first kappa shape index (κ1) is 16.7. The minimum Gasteiger partial charge on any atom is -0.481 e. The lowest BCUT2D eigenvalue weighted by molar-refractivity contribution is -0.153. The molecule has 0 heterocycles. The number of carbonyl (C=O) groups excluding carboxylic acids is 1. The monoisotopic (exact) mass is 259 g/mol. The molecule has 0 rings (SSSR count). The van der Waals surface area contributed by atoms with Gasteiger partial charge in [0.25, 0.3) is 0 Å². The van der Waals surface area contributed by atoms with Crippen molar-refractivity contribution in [2.75, 3.05) is 6.54 Å². The Labute approximate surface area is 109 Å². The molecule has 0 spiro atoms. The molecule has 0 unspecified atom stereocenters. The summed E-state index contributed by atoms with van der Waals surface area (Å²) in [5.74, 6) is -0.890. The Kier molecular flexibility index (Phi) is 4.80. The van der Waals surface area contributed by atoms with E-state index >= 15 is 0 Å². The molecule has 1 amide bonds. The molecule has 2 N–H and O–H groups in total. The minimum atomic E-state index is -0.942. The predicted octanol–water partition coefficient (Wildman–Crippen LogP) is 2.65. The van der Waals surface area contributed by atoms with Crippen molar-refractivity contribution in [1.29, 1.82) is 0 Å². The summed E-state index contributed by atoms with van der Waals surface area (Å²) in [6, 6.07) is 0. The van der Waals surface area contributed by atoms with Gasteiger partial charge in [0.15, 0.2) is 0 Å². The first-order valence-electron chi connectivity index (χ1n) is 6.00. The van der Waals surface area contributed by atoms with Crippen molar-refractivity contribution in [2.24, 2.45) is 10.8 Å². The number of carboxylic acid groups (broad SMARTS) is 1. The van der Waals surface area contributed by atoms with Crippen molar-refractivity contribution in [3.63, 3.8) is 0 Å². The van der Waals surface area contributed by atoms with Gasteiger partial charge in [-0.25, -0.2) is 4.79 Å². The standard InChI is InChI=1S/C13H25NO4/c1-11(2,3)18-10(17)14-8-12(4,5)13(6,7)9(15)16/h8H2,1-7H3,(H,14,17)(H,15,16). The zero-order valence-corrected chi connectivity index (χ0v) is 12.4. The van der Waals surface area contributed by atoms with E-state index in [1.54, 1.807) is 48.5 Å². The molecule has 0 atom stereocenters. The van der Waals surface area contributed by atoms with Crippen molar-refractivity contribution in [3.8, 4) is 0 Å². The van der Waals surface area contributed by atoms with Crippen LogP contribution in [-0.2, 0) is 9.53 Å². The van der Waals surface area contributed by atoms with Crippen molar-refractivity contribution < 1.29 is 19.4 Å². The van der Waals surface area contributed by atoms with Gasteiger partial charge < -0.3 is 15.2 Å². The molecule has 0 radical (unpaired) electrons. The molecule has 5 heteroatoms. The molecule has 0 saturated carbocycles. The van der Waals surface area contributed by atoms with Gasteiger partial charge in [-0.3, -0.25) is 4.79 Å². The number of alkyl carbamates (subject to hydrolysis) is 1. The Morgan fingerprint density at radius 1 is 1.06 bits per heavy atom. The van der Waals surface area contributed by atoms with Crippen LogP contribution >= 0.6 is 0 Å². The third-order valence-electron chi connectivity index (χ3n) is 3.30. The summed E-state index contributed by atoms with van der Waals surface area (Å²) in [6.45, 7) is 12.5. The number of amides is 1. The highest BCUT2D eigenvalue weighted by Crippen LogP contribution is 2.38. The summed E-state index contributed by atoms with van der Waals surface area (Å²) in [6.07, 6.45) is -0.531. The number of nitrogens with one attached hydrogen (secondary N) is 1. The van der Waals surface area contributed by atoms with Crippen LogP contribution in [0.4, 0.5) is 4.79 Å². The lowest BCUT2D eigenvalue weighted by Crippen LogP contribution is -2.47. The quantitative estimate of drug-likeness (QED) is 0.813. The van der Waals surface area contributed by atoms with Crippen molar-refractivity contribution in [3.05, 3.63) is 0 Å². The molecule has 0 aromatic rings. The molecule has 0 aliphatic carbocycles. The first-order valence-corrected chi connectivity index (χ1v) is 6.00. The van der Waals surface area contributed by atoms with Gasteiger partial charge in [0.05, 0.1) is 5.41 Å². The third-order valence-corrected chi connectivity index (χ3v) is 3.30. The first-order chi connectivity index (χ1) is 7.79. The number of hydrogen-bond donors (Lipinski definition) is 2. The molecule has 0 bridgehead atoms. The number of aliphatic carboxylic acids is 1. The zero-order valence-electron chi connectivity index (χ0n) is 12.4. The number of rotatable bonds is 4. The largest absolute Gasteiger partial charge is 0.481 e. The van der Waals surface area contributed by atoms with Crippen LogP contribution in [0.25, 0.3) is 0 Å². The molecular weight excluding hydrogens is 234 g/mol. The van der Waals surface area contributed by atoms with Crippen molar-refractivity contribution in [2.45, 2.75) is 54.1 Å². The van der Waals surface area contributed by atoms with Crippen LogP contribution < -0.4 is 5.32 Å². The van der Waals surface area contributed by atoms with Crippen LogP contribution in [0.15, 0.2) is 0 Å². The Bertz CT molecular complexity index is 326. The molecule has 0 aliphatic heterocycles. The molecule has 0 aromatic heterocycles. The summed E-state index contributed by atoms with van der Waals surface area (Å²) in [4.78, 5) is 22.7. The highest BCUT2D eigenvalue weighted by atomic mass is 16.6. The SMILES string of the molecule is CC(C)(C)OC(=O)NCC(C)(C)C(C)(C)C(=O)O. The molecule has 18 heavy (non-hydrogen) atoms. The van der Waals surface area contributed by atoms with Crippen LogP contribution in [0.3, 0.4) is 0 Å². The van der Waals surface area contributed by atoms with Crippen LogP contribution in [0.5, 0.6) is 0 Å². The maximum atomic E-state index is 11.5.